The number of hydrogen-bond acceptors (Lipinski definition) is 8. The Balaban J connectivity index is 1.14. The van der Waals surface area contributed by atoms with Crippen LogP contribution < -0.4 is 4.90 Å². The number of carbonyl (C=O) groups is 1. The van der Waals surface area contributed by atoms with Crippen LogP contribution in [0.4, 0.5) is 14.5 Å². The first-order valence-corrected chi connectivity index (χ1v) is 19.6. The number of hydrogen-bond donors (Lipinski definition) is 1. The molecule has 0 bridgehead atoms. The Bertz CT molecular complexity index is 1560. The van der Waals surface area contributed by atoms with E-state index in [1.807, 2.05) is 11.0 Å². The van der Waals surface area contributed by atoms with E-state index in [1.54, 1.807) is 18.2 Å². The Labute approximate surface area is 290 Å². The molecule has 0 aromatic heterocycles. The molecule has 2 aromatic rings. The molecule has 0 amide bonds. The predicted octanol–water partition coefficient (Wildman–Crippen LogP) is 5.23. The summed E-state index contributed by atoms with van der Waals surface area (Å²) in [5, 5.41) is 9.99. The summed E-state index contributed by atoms with van der Waals surface area (Å²) in [5.74, 6) is -0.100. The van der Waals surface area contributed by atoms with Crippen LogP contribution in [0.15, 0.2) is 53.4 Å². The molecule has 8 nitrogen and oxygen atoms in total. The lowest BCUT2D eigenvalue weighted by Gasteiger charge is -2.54. The first-order chi connectivity index (χ1) is 23.2. The van der Waals surface area contributed by atoms with Gasteiger partial charge in [0.05, 0.1) is 36.4 Å². The van der Waals surface area contributed by atoms with Gasteiger partial charge < -0.3 is 19.6 Å². The van der Waals surface area contributed by atoms with Gasteiger partial charge in [0.2, 0.25) is 0 Å². The van der Waals surface area contributed by atoms with Crippen LogP contribution in [0.5, 0.6) is 0 Å². The van der Waals surface area contributed by atoms with Gasteiger partial charge in [-0.05, 0) is 132 Å². The summed E-state index contributed by atoms with van der Waals surface area (Å²) in [6.45, 7) is 8.18. The van der Waals surface area contributed by atoms with Crippen LogP contribution in [-0.4, -0.2) is 106 Å². The van der Waals surface area contributed by atoms with Gasteiger partial charge in [0, 0.05) is 30.6 Å². The van der Waals surface area contributed by atoms with Gasteiger partial charge in [0.1, 0.15) is 5.82 Å². The van der Waals surface area contributed by atoms with Gasteiger partial charge >= 0.3 is 5.97 Å². The number of nitrogens with zero attached hydrogens (tertiary/aromatic N) is 3. The largest absolute Gasteiger partial charge is 0.469 e. The van der Waals surface area contributed by atoms with Crippen molar-refractivity contribution in [3.63, 3.8) is 0 Å². The number of carbonyl (C=O) groups excluding carboxylic acids is 1. The monoisotopic (exact) mass is 701 g/mol. The minimum Gasteiger partial charge on any atom is -0.469 e. The Kier molecular flexibility index (Phi) is 10.5. The first-order valence-electron chi connectivity index (χ1n) is 18.0. The number of sulfone groups is 1. The number of alkyl halides is 1. The number of benzene rings is 2. The molecule has 270 valence electrons. The number of aliphatic hydroxyl groups is 1. The summed E-state index contributed by atoms with van der Waals surface area (Å²) in [4.78, 5) is 19.4. The molecular formula is C38H53F2N3O5S. The second-order valence-electron chi connectivity index (χ2n) is 15.9. The molecule has 2 aromatic carbocycles. The highest BCUT2D eigenvalue weighted by Gasteiger charge is 2.53. The Morgan fingerprint density at radius 2 is 1.67 bits per heavy atom. The van der Waals surface area contributed by atoms with Crippen LogP contribution in [-0.2, 0) is 24.8 Å². The molecule has 0 radical (unpaired) electrons. The van der Waals surface area contributed by atoms with Crippen molar-refractivity contribution < 1.29 is 31.8 Å². The summed E-state index contributed by atoms with van der Waals surface area (Å²) in [7, 11) is -2.19. The fourth-order valence-corrected chi connectivity index (χ4v) is 11.0. The second kappa shape index (κ2) is 14.2. The smallest absolute Gasteiger partial charge is 0.305 e. The van der Waals surface area contributed by atoms with Gasteiger partial charge in [0.25, 0.3) is 0 Å². The molecule has 49 heavy (non-hydrogen) atoms. The highest BCUT2D eigenvalue weighted by Crippen LogP contribution is 2.54. The number of esters is 1. The fraction of sp³-hybridized carbons (Fsp3) is 0.658. The van der Waals surface area contributed by atoms with E-state index in [1.165, 1.54) is 39.2 Å². The highest BCUT2D eigenvalue weighted by molar-refractivity contribution is 7.91. The molecule has 3 heterocycles. The van der Waals surface area contributed by atoms with Gasteiger partial charge in [-0.15, -0.1) is 0 Å². The quantitative estimate of drug-likeness (QED) is 0.284. The van der Waals surface area contributed by atoms with E-state index >= 15 is 4.39 Å². The lowest BCUT2D eigenvalue weighted by molar-refractivity contribution is -0.142. The third kappa shape index (κ3) is 8.00. The molecule has 4 fully saturated rings. The number of likely N-dealkylation sites (tertiary alicyclic amines) is 2. The Hall–Kier alpha value is -2.60. The van der Waals surface area contributed by atoms with Gasteiger partial charge in [-0.2, -0.15) is 0 Å². The maximum Gasteiger partial charge on any atom is 0.305 e. The molecule has 1 saturated carbocycles. The van der Waals surface area contributed by atoms with Crippen molar-refractivity contribution in [1.29, 1.82) is 0 Å². The minimum atomic E-state index is -3.64. The summed E-state index contributed by atoms with van der Waals surface area (Å²) < 4.78 is 61.5. The molecule has 3 saturated heterocycles. The normalized spacial score (nSPS) is 25.0. The summed E-state index contributed by atoms with van der Waals surface area (Å²) >= 11 is 0. The van der Waals surface area contributed by atoms with E-state index in [9.17, 15) is 22.7 Å². The van der Waals surface area contributed by atoms with Crippen LogP contribution in [0, 0.1) is 23.6 Å². The molecule has 4 aliphatic rings. The molecule has 1 N–H and O–H groups in total. The number of anilines is 1. The molecule has 0 spiro atoms. The van der Waals surface area contributed by atoms with Gasteiger partial charge in [-0.1, -0.05) is 18.6 Å². The van der Waals surface area contributed by atoms with E-state index in [2.05, 4.69) is 15.9 Å². The van der Waals surface area contributed by atoms with Crippen LogP contribution >= 0.6 is 0 Å². The van der Waals surface area contributed by atoms with Crippen molar-refractivity contribution in [2.75, 3.05) is 70.1 Å². The van der Waals surface area contributed by atoms with E-state index in [4.69, 9.17) is 4.74 Å². The average Bonchev–Trinajstić information content (AvgIpc) is 3.47. The number of methoxy groups -OCH3 is 1. The molecule has 3 aliphatic heterocycles. The molecule has 0 unspecified atom stereocenters. The third-order valence-electron chi connectivity index (χ3n) is 11.6. The third-order valence-corrected chi connectivity index (χ3v) is 13.7. The standard InChI is InChI=1S/C38H53F2N3O5S/c1-36(2,45)27-49(46,47)33-13-11-32(12-14-33)43-24-37(40,25-43)23-42-19-15-29(16-20-42)38(26-41-17-6-18-41,30-8-5-9-31(39)22-30)34-10-4-7-28(34)21-35(44)48-3/h5,8-9,11-14,22,28-29,34,45H,4,6-7,10,15-21,23-27H2,1-3H3/t28-,34+,38+/m1/s1. The maximum absolute atomic E-state index is 16.1. The van der Waals surface area contributed by atoms with Crippen molar-refractivity contribution in [2.24, 2.45) is 17.8 Å². The van der Waals surface area contributed by atoms with E-state index in [0.29, 0.717) is 13.0 Å². The second-order valence-corrected chi connectivity index (χ2v) is 17.9. The van der Waals surface area contributed by atoms with Gasteiger partial charge in [-0.3, -0.25) is 9.69 Å². The SMILES string of the molecule is COC(=O)C[C@H]1CCC[C@@H]1[C@](CN1CCC1)(c1cccc(F)c1)C1CCN(CC2(F)CN(c3ccc(S(=O)(=O)CC(C)(C)O)cc3)C2)CC1. The van der Waals surface area contributed by atoms with Crippen LogP contribution in [0.25, 0.3) is 0 Å². The van der Waals surface area contributed by atoms with Gasteiger partial charge in [0.15, 0.2) is 15.5 Å². The van der Waals surface area contributed by atoms with Crippen molar-refractivity contribution in [2.45, 2.75) is 80.4 Å². The fourth-order valence-electron chi connectivity index (χ4n) is 9.37. The van der Waals surface area contributed by atoms with Gasteiger partial charge in [-0.25, -0.2) is 17.2 Å². The molecule has 3 atom stereocenters. The average molecular weight is 702 g/mol. The Morgan fingerprint density at radius 3 is 2.27 bits per heavy atom. The number of ether oxygens (including phenoxy) is 1. The zero-order valence-corrected chi connectivity index (χ0v) is 30.1. The molecule has 11 heteroatoms. The first kappa shape index (κ1) is 36.2. The Morgan fingerprint density at radius 1 is 0.980 bits per heavy atom. The van der Waals surface area contributed by atoms with E-state index in [-0.39, 0.29) is 58.7 Å². The number of rotatable bonds is 13. The lowest BCUT2D eigenvalue weighted by atomic mass is 9.56. The summed E-state index contributed by atoms with van der Waals surface area (Å²) in [6, 6.07) is 13.7. The van der Waals surface area contributed by atoms with Crippen LogP contribution in [0.1, 0.15) is 64.4 Å². The van der Waals surface area contributed by atoms with E-state index in [0.717, 1.165) is 82.5 Å². The van der Waals surface area contributed by atoms with Crippen molar-refractivity contribution in [3.05, 3.63) is 59.9 Å². The van der Waals surface area contributed by atoms with Crippen molar-refractivity contribution in [3.8, 4) is 0 Å². The molecule has 1 aliphatic carbocycles. The van der Waals surface area contributed by atoms with Crippen molar-refractivity contribution >= 4 is 21.5 Å². The molecule has 6 rings (SSSR count). The van der Waals surface area contributed by atoms with Crippen LogP contribution in [0.3, 0.4) is 0 Å². The zero-order valence-electron chi connectivity index (χ0n) is 29.3. The highest BCUT2D eigenvalue weighted by atomic mass is 32.2. The summed E-state index contributed by atoms with van der Waals surface area (Å²) in [6.07, 6.45) is 6.32. The maximum atomic E-state index is 16.1. The van der Waals surface area contributed by atoms with Crippen LogP contribution in [0.2, 0.25) is 0 Å². The topological polar surface area (TPSA) is 90.4 Å². The minimum absolute atomic E-state index is 0.144. The lowest BCUT2D eigenvalue weighted by Crippen LogP contribution is -2.64. The van der Waals surface area contributed by atoms with Crippen molar-refractivity contribution in [1.82, 2.24) is 9.80 Å². The summed E-state index contributed by atoms with van der Waals surface area (Å²) in [5.41, 5.74) is -1.20. The zero-order chi connectivity index (χ0) is 35.0. The molecular weight excluding hydrogens is 648 g/mol. The van der Waals surface area contributed by atoms with E-state index < -0.39 is 21.1 Å². The predicted molar refractivity (Wildman–Crippen MR) is 187 cm³/mol. The number of halogens is 2. The number of piperidine rings is 1.